The number of carbonyl (C=O) groups is 2. The van der Waals surface area contributed by atoms with Gasteiger partial charge in [0.15, 0.2) is 0 Å². The number of ether oxygens (including phenoxy) is 1. The highest BCUT2D eigenvalue weighted by molar-refractivity contribution is 8.03. The number of carbonyl (C=O) groups excluding carboxylic acids is 2. The van der Waals surface area contributed by atoms with Gasteiger partial charge in [0, 0.05) is 25.4 Å². The van der Waals surface area contributed by atoms with E-state index in [2.05, 4.69) is 11.4 Å². The molecule has 1 atom stereocenters. The summed E-state index contributed by atoms with van der Waals surface area (Å²) in [6.45, 7) is 1.59. The molecule has 2 heterocycles. The number of nitriles is 1. The molecule has 1 aromatic carbocycles. The van der Waals surface area contributed by atoms with E-state index in [0.717, 1.165) is 37.2 Å². The van der Waals surface area contributed by atoms with E-state index < -0.39 is 0 Å². The second-order valence-corrected chi connectivity index (χ2v) is 7.29. The molecule has 6 nitrogen and oxygen atoms in total. The normalized spacial score (nSPS) is 19.9. The van der Waals surface area contributed by atoms with Crippen LogP contribution in [0.25, 0.3) is 0 Å². The van der Waals surface area contributed by atoms with Crippen LogP contribution in [0, 0.1) is 11.3 Å². The Labute approximate surface area is 157 Å². The molecule has 0 aromatic heterocycles. The third-order valence-corrected chi connectivity index (χ3v) is 5.67. The molecule has 0 unspecified atom stereocenters. The molecule has 1 saturated heterocycles. The molecule has 2 aliphatic heterocycles. The lowest BCUT2D eigenvalue weighted by molar-refractivity contribution is -0.127. The van der Waals surface area contributed by atoms with Crippen molar-refractivity contribution in [3.8, 4) is 11.8 Å². The minimum absolute atomic E-state index is 0.0538. The van der Waals surface area contributed by atoms with Crippen molar-refractivity contribution < 1.29 is 14.3 Å². The highest BCUT2D eigenvalue weighted by Crippen LogP contribution is 2.36. The first kappa shape index (κ1) is 18.3. The Morgan fingerprint density at radius 1 is 1.35 bits per heavy atom. The van der Waals surface area contributed by atoms with Gasteiger partial charge < -0.3 is 15.0 Å². The van der Waals surface area contributed by atoms with E-state index in [0.29, 0.717) is 10.6 Å². The van der Waals surface area contributed by atoms with Crippen molar-refractivity contribution in [2.24, 2.45) is 0 Å². The first-order valence-corrected chi connectivity index (χ1v) is 9.59. The van der Waals surface area contributed by atoms with Crippen molar-refractivity contribution in [1.82, 2.24) is 10.2 Å². The summed E-state index contributed by atoms with van der Waals surface area (Å²) in [4.78, 5) is 26.3. The third-order valence-electron chi connectivity index (χ3n) is 4.67. The average molecular weight is 371 g/mol. The second-order valence-electron chi connectivity index (χ2n) is 6.31. The van der Waals surface area contributed by atoms with Gasteiger partial charge in [-0.2, -0.15) is 5.26 Å². The standard InChI is InChI=1S/C19H21N3O3S/c1-25-14-6-4-13(5-7-14)15-10-17(23)21-19(16(15)11-20)26-12-18(24)22-8-2-3-9-22/h4-7,15H,2-3,8-10,12H2,1H3,(H,21,23)/t15-/m1/s1. The van der Waals surface area contributed by atoms with Gasteiger partial charge in [-0.3, -0.25) is 9.59 Å². The minimum atomic E-state index is -0.302. The van der Waals surface area contributed by atoms with Crippen LogP contribution in [0.5, 0.6) is 5.75 Å². The van der Waals surface area contributed by atoms with Crippen molar-refractivity contribution in [2.75, 3.05) is 26.0 Å². The van der Waals surface area contributed by atoms with E-state index in [1.165, 1.54) is 11.8 Å². The molecule has 7 heteroatoms. The molecule has 0 aliphatic carbocycles. The fraction of sp³-hybridized carbons (Fsp3) is 0.421. The smallest absolute Gasteiger partial charge is 0.232 e. The Morgan fingerprint density at radius 3 is 2.65 bits per heavy atom. The summed E-state index contributed by atoms with van der Waals surface area (Å²) >= 11 is 1.24. The summed E-state index contributed by atoms with van der Waals surface area (Å²) in [5.74, 6) is 0.571. The molecule has 2 aliphatic rings. The maximum Gasteiger partial charge on any atom is 0.232 e. The van der Waals surface area contributed by atoms with Crippen molar-refractivity contribution in [3.63, 3.8) is 0 Å². The first-order chi connectivity index (χ1) is 12.6. The largest absolute Gasteiger partial charge is 0.497 e. The van der Waals surface area contributed by atoms with E-state index in [4.69, 9.17) is 4.74 Å². The monoisotopic (exact) mass is 371 g/mol. The molecule has 26 heavy (non-hydrogen) atoms. The summed E-state index contributed by atoms with van der Waals surface area (Å²) < 4.78 is 5.16. The van der Waals surface area contributed by atoms with Crippen LogP contribution in [0.15, 0.2) is 34.9 Å². The molecule has 136 valence electrons. The van der Waals surface area contributed by atoms with Crippen LogP contribution in [0.3, 0.4) is 0 Å². The van der Waals surface area contributed by atoms with Crippen molar-refractivity contribution >= 4 is 23.6 Å². The number of methoxy groups -OCH3 is 1. The number of benzene rings is 1. The van der Waals surface area contributed by atoms with Crippen LogP contribution in [0.2, 0.25) is 0 Å². The lowest BCUT2D eigenvalue weighted by Gasteiger charge is -2.25. The van der Waals surface area contributed by atoms with Gasteiger partial charge >= 0.3 is 0 Å². The Bertz CT molecular complexity index is 761. The molecule has 3 rings (SSSR count). The van der Waals surface area contributed by atoms with E-state index in [1.54, 1.807) is 7.11 Å². The number of allylic oxidation sites excluding steroid dienone is 1. The van der Waals surface area contributed by atoms with Crippen LogP contribution in [-0.2, 0) is 9.59 Å². The first-order valence-electron chi connectivity index (χ1n) is 8.61. The molecule has 1 fully saturated rings. The molecule has 0 spiro atoms. The molecule has 2 amide bonds. The molecule has 0 bridgehead atoms. The van der Waals surface area contributed by atoms with E-state index in [-0.39, 0.29) is 29.9 Å². The second kappa shape index (κ2) is 8.28. The zero-order valence-electron chi connectivity index (χ0n) is 14.7. The van der Waals surface area contributed by atoms with Gasteiger partial charge in [0.2, 0.25) is 11.8 Å². The number of nitrogens with one attached hydrogen (secondary N) is 1. The van der Waals surface area contributed by atoms with Gasteiger partial charge in [0.25, 0.3) is 0 Å². The van der Waals surface area contributed by atoms with Gasteiger partial charge in [0.1, 0.15) is 5.75 Å². The van der Waals surface area contributed by atoms with Crippen LogP contribution in [0.4, 0.5) is 0 Å². The van der Waals surface area contributed by atoms with Gasteiger partial charge in [-0.05, 0) is 30.5 Å². The zero-order chi connectivity index (χ0) is 18.5. The number of hydrogen-bond acceptors (Lipinski definition) is 5. The lowest BCUT2D eigenvalue weighted by Crippen LogP contribution is -2.33. The van der Waals surface area contributed by atoms with Gasteiger partial charge in [-0.15, -0.1) is 0 Å². The number of likely N-dealkylation sites (tertiary alicyclic amines) is 1. The molecule has 1 N–H and O–H groups in total. The number of rotatable bonds is 5. The molecular weight excluding hydrogens is 350 g/mol. The minimum Gasteiger partial charge on any atom is -0.497 e. The summed E-state index contributed by atoms with van der Waals surface area (Å²) in [7, 11) is 1.59. The van der Waals surface area contributed by atoms with Crippen molar-refractivity contribution in [1.29, 1.82) is 5.26 Å². The Balaban J connectivity index is 1.78. The summed E-state index contributed by atoms with van der Waals surface area (Å²) in [5, 5.41) is 12.9. The number of amides is 2. The Morgan fingerprint density at radius 2 is 2.04 bits per heavy atom. The lowest BCUT2D eigenvalue weighted by atomic mass is 9.87. The van der Waals surface area contributed by atoms with Gasteiger partial charge in [0.05, 0.1) is 29.5 Å². The predicted molar refractivity (Wildman–Crippen MR) is 99.4 cm³/mol. The summed E-state index contributed by atoms with van der Waals surface area (Å²) in [6.07, 6.45) is 2.30. The highest BCUT2D eigenvalue weighted by Gasteiger charge is 2.30. The summed E-state index contributed by atoms with van der Waals surface area (Å²) in [6, 6.07) is 9.62. The number of nitrogens with zero attached hydrogens (tertiary/aromatic N) is 2. The van der Waals surface area contributed by atoms with E-state index >= 15 is 0 Å². The third kappa shape index (κ3) is 4.02. The molecular formula is C19H21N3O3S. The van der Waals surface area contributed by atoms with Crippen LogP contribution in [-0.4, -0.2) is 42.7 Å². The Hall–Kier alpha value is -2.46. The quantitative estimate of drug-likeness (QED) is 0.859. The number of hydrogen-bond donors (Lipinski definition) is 1. The maximum atomic E-state index is 12.3. The van der Waals surface area contributed by atoms with Crippen molar-refractivity contribution in [2.45, 2.75) is 25.2 Å². The predicted octanol–water partition coefficient (Wildman–Crippen LogP) is 2.39. The van der Waals surface area contributed by atoms with Crippen LogP contribution < -0.4 is 10.1 Å². The summed E-state index contributed by atoms with van der Waals surface area (Å²) in [5.41, 5.74) is 1.40. The zero-order valence-corrected chi connectivity index (χ0v) is 15.5. The van der Waals surface area contributed by atoms with E-state index in [9.17, 15) is 14.9 Å². The van der Waals surface area contributed by atoms with Crippen molar-refractivity contribution in [3.05, 3.63) is 40.4 Å². The van der Waals surface area contributed by atoms with Gasteiger partial charge in [-0.25, -0.2) is 0 Å². The van der Waals surface area contributed by atoms with Gasteiger partial charge in [-0.1, -0.05) is 23.9 Å². The maximum absolute atomic E-state index is 12.3. The topological polar surface area (TPSA) is 82.4 Å². The average Bonchev–Trinajstić information content (AvgIpc) is 3.20. The van der Waals surface area contributed by atoms with Crippen LogP contribution in [0.1, 0.15) is 30.7 Å². The van der Waals surface area contributed by atoms with E-state index in [1.807, 2.05) is 29.2 Å². The number of thioether (sulfide) groups is 1. The highest BCUT2D eigenvalue weighted by atomic mass is 32.2. The molecule has 0 radical (unpaired) electrons. The fourth-order valence-corrected chi connectivity index (χ4v) is 4.23. The Kier molecular flexibility index (Phi) is 5.84. The van der Waals surface area contributed by atoms with Crippen LogP contribution >= 0.6 is 11.8 Å². The molecule has 1 aromatic rings. The SMILES string of the molecule is COc1ccc([C@H]2CC(=O)NC(SCC(=O)N3CCCC3)=C2C#N)cc1. The molecule has 0 saturated carbocycles. The fourth-order valence-electron chi connectivity index (χ4n) is 3.25.